The fourth-order valence-electron chi connectivity index (χ4n) is 6.73. The lowest BCUT2D eigenvalue weighted by Crippen LogP contribution is -2.31. The van der Waals surface area contributed by atoms with Crippen LogP contribution in [-0.4, -0.2) is 51.3 Å². The summed E-state index contributed by atoms with van der Waals surface area (Å²) in [6.07, 6.45) is 1.51. The Morgan fingerprint density at radius 1 is 1.05 bits per heavy atom. The number of alkyl halides is 2. The highest BCUT2D eigenvalue weighted by atomic mass is 19.3. The van der Waals surface area contributed by atoms with Gasteiger partial charge in [-0.2, -0.15) is 0 Å². The van der Waals surface area contributed by atoms with Gasteiger partial charge in [-0.05, 0) is 69.4 Å². The lowest BCUT2D eigenvalue weighted by atomic mass is 9.91. The van der Waals surface area contributed by atoms with Crippen LogP contribution in [0.3, 0.4) is 0 Å². The molecule has 0 bridgehead atoms. The zero-order valence-electron chi connectivity index (χ0n) is 21.7. The topological polar surface area (TPSA) is 93.9 Å². The zero-order valence-corrected chi connectivity index (χ0v) is 21.7. The van der Waals surface area contributed by atoms with Gasteiger partial charge in [0, 0.05) is 34.6 Å². The second-order valence-electron chi connectivity index (χ2n) is 11.0. The number of Topliss-reactive ketones (excluding diaryl/α,β-unsaturated/α-hetero) is 1. The van der Waals surface area contributed by atoms with Gasteiger partial charge in [0.15, 0.2) is 17.3 Å². The van der Waals surface area contributed by atoms with Crippen molar-refractivity contribution < 1.29 is 28.2 Å². The van der Waals surface area contributed by atoms with E-state index in [1.165, 1.54) is 25.3 Å². The number of hydrogen-bond acceptors (Lipinski definition) is 7. The van der Waals surface area contributed by atoms with Crippen LogP contribution in [0.1, 0.15) is 61.3 Å². The van der Waals surface area contributed by atoms with Gasteiger partial charge >= 0.3 is 6.29 Å². The van der Waals surface area contributed by atoms with Gasteiger partial charge in [0.05, 0.1) is 23.4 Å². The van der Waals surface area contributed by atoms with Crippen molar-refractivity contribution in [2.24, 2.45) is 0 Å². The average molecular weight is 538 g/mol. The second-order valence-corrected chi connectivity index (χ2v) is 11.0. The van der Waals surface area contributed by atoms with Gasteiger partial charge in [-0.15, -0.1) is 8.78 Å². The first kappa shape index (κ1) is 24.7. The number of benzene rings is 1. The molecule has 0 saturated carbocycles. The highest BCUT2D eigenvalue weighted by molar-refractivity contribution is 5.96. The van der Waals surface area contributed by atoms with Crippen LogP contribution in [0.5, 0.6) is 11.5 Å². The number of halogens is 2. The molecule has 39 heavy (non-hydrogen) atoms. The van der Waals surface area contributed by atoms with E-state index in [0.717, 1.165) is 37.2 Å². The number of carbonyl (C=O) groups is 1. The van der Waals surface area contributed by atoms with Gasteiger partial charge in [-0.3, -0.25) is 9.59 Å². The number of ketones is 1. The van der Waals surface area contributed by atoms with Gasteiger partial charge in [0.25, 0.3) is 5.56 Å². The monoisotopic (exact) mass is 537 g/mol. The Labute approximate surface area is 223 Å². The molecule has 4 aliphatic rings. The third-order valence-corrected chi connectivity index (χ3v) is 8.79. The molecule has 1 atom stereocenters. The molecular weight excluding hydrogens is 508 g/mol. The molecule has 204 valence electrons. The number of piperidine rings is 1. The average Bonchev–Trinajstić information content (AvgIpc) is 3.52. The molecule has 0 spiro atoms. The van der Waals surface area contributed by atoms with Crippen molar-refractivity contribution in [1.29, 1.82) is 0 Å². The minimum atomic E-state index is -3.74. The van der Waals surface area contributed by atoms with E-state index >= 15 is 0 Å². The largest absolute Gasteiger partial charge is 0.586 e. The number of aryl methyl sites for hydroxylation is 1. The first-order valence-electron chi connectivity index (χ1n) is 13.7. The van der Waals surface area contributed by atoms with Gasteiger partial charge < -0.3 is 24.0 Å². The van der Waals surface area contributed by atoms with Gasteiger partial charge in [-0.25, -0.2) is 4.98 Å². The van der Waals surface area contributed by atoms with Gasteiger partial charge in [0.1, 0.15) is 5.60 Å². The molecular formula is C29H29F2N3O5. The normalized spacial score (nSPS) is 22.8. The predicted octanol–water partition coefficient (Wildman–Crippen LogP) is 3.89. The minimum absolute atomic E-state index is 0.0373. The van der Waals surface area contributed by atoms with Gasteiger partial charge in [0.2, 0.25) is 0 Å². The molecule has 5 heterocycles. The van der Waals surface area contributed by atoms with Crippen LogP contribution < -0.4 is 15.0 Å². The Balaban J connectivity index is 1.36. The van der Waals surface area contributed by atoms with Crippen molar-refractivity contribution in [3.05, 3.63) is 50.8 Å². The van der Waals surface area contributed by atoms with Crippen molar-refractivity contribution in [3.63, 3.8) is 0 Å². The fraction of sp³-hybridized carbons (Fsp3) is 0.483. The summed E-state index contributed by atoms with van der Waals surface area (Å²) in [5.41, 5.74) is 2.05. The van der Waals surface area contributed by atoms with E-state index in [1.54, 1.807) is 23.6 Å². The van der Waals surface area contributed by atoms with E-state index in [1.807, 2.05) is 0 Å². The Morgan fingerprint density at radius 3 is 2.54 bits per heavy atom. The molecule has 3 aromatic rings. The molecule has 1 aliphatic carbocycles. The van der Waals surface area contributed by atoms with Crippen LogP contribution in [0, 0.1) is 0 Å². The SMILES string of the molecule is CCC1(O)C(=O)Cc2c1cc1n(c2=O)Cc2c-1nc1cc3c(cc1c2CCCN1CCCCC1)OC(F)(F)O3. The van der Waals surface area contributed by atoms with E-state index in [4.69, 9.17) is 14.5 Å². The quantitative estimate of drug-likeness (QED) is 0.413. The first-order valence-corrected chi connectivity index (χ1v) is 13.7. The third-order valence-electron chi connectivity index (χ3n) is 8.79. The summed E-state index contributed by atoms with van der Waals surface area (Å²) in [5, 5.41) is 11.8. The lowest BCUT2D eigenvalue weighted by Gasteiger charge is -2.26. The number of hydrogen-bond donors (Lipinski definition) is 1. The highest BCUT2D eigenvalue weighted by Crippen LogP contribution is 2.46. The third kappa shape index (κ3) is 3.71. The van der Waals surface area contributed by atoms with Crippen LogP contribution in [0.15, 0.2) is 23.0 Å². The Bertz CT molecular complexity index is 1610. The lowest BCUT2D eigenvalue weighted by molar-refractivity contribution is -0.286. The standard InChI is InChI=1S/C29H29F2N3O5/c1-2-28(37)20-13-22-26-19(15-34(22)27(36)18(20)12-25(28)35)16(7-6-10-33-8-4-3-5-9-33)17-11-23-24(14-21(17)32-26)39-29(30,31)38-23/h11,13-14,37H,2-10,12,15H2,1H3. The summed E-state index contributed by atoms with van der Waals surface area (Å²) in [7, 11) is 0. The number of carbonyl (C=O) groups excluding carboxylic acids is 1. The zero-order chi connectivity index (χ0) is 27.1. The van der Waals surface area contributed by atoms with Crippen molar-refractivity contribution >= 4 is 16.7 Å². The van der Waals surface area contributed by atoms with E-state index in [2.05, 4.69) is 4.90 Å². The van der Waals surface area contributed by atoms with Crippen LogP contribution in [0.25, 0.3) is 22.3 Å². The number of fused-ring (bicyclic) bond motifs is 6. The van der Waals surface area contributed by atoms with E-state index < -0.39 is 11.9 Å². The van der Waals surface area contributed by atoms with Crippen molar-refractivity contribution in [2.75, 3.05) is 19.6 Å². The maximum absolute atomic E-state index is 13.9. The van der Waals surface area contributed by atoms with Gasteiger partial charge in [-0.1, -0.05) is 13.3 Å². The molecule has 8 nitrogen and oxygen atoms in total. The number of aliphatic hydroxyl groups is 1. The molecule has 1 unspecified atom stereocenters. The summed E-state index contributed by atoms with van der Waals surface area (Å²) < 4.78 is 38.8. The number of likely N-dealkylation sites (tertiary alicyclic amines) is 1. The molecule has 10 heteroatoms. The smallest absolute Gasteiger partial charge is 0.395 e. The molecule has 7 rings (SSSR count). The van der Waals surface area contributed by atoms with Crippen molar-refractivity contribution in [3.8, 4) is 22.9 Å². The van der Waals surface area contributed by atoms with Crippen LogP contribution >= 0.6 is 0 Å². The molecule has 0 radical (unpaired) electrons. The fourth-order valence-corrected chi connectivity index (χ4v) is 6.73. The molecule has 2 aromatic heterocycles. The van der Waals surface area contributed by atoms with Crippen molar-refractivity contribution in [1.82, 2.24) is 14.5 Å². The second kappa shape index (κ2) is 8.56. The summed E-state index contributed by atoms with van der Waals surface area (Å²) in [4.78, 5) is 33.5. The van der Waals surface area contributed by atoms with E-state index in [9.17, 15) is 23.5 Å². The van der Waals surface area contributed by atoms with Crippen molar-refractivity contribution in [2.45, 2.75) is 70.3 Å². The minimum Gasteiger partial charge on any atom is -0.395 e. The van der Waals surface area contributed by atoms with Crippen LogP contribution in [0.2, 0.25) is 0 Å². The first-order chi connectivity index (χ1) is 18.7. The molecule has 1 N–H and O–H groups in total. The molecule has 3 aliphatic heterocycles. The van der Waals surface area contributed by atoms with Crippen LogP contribution in [-0.2, 0) is 29.8 Å². The molecule has 0 amide bonds. The number of nitrogens with zero attached hydrogens (tertiary/aromatic N) is 3. The summed E-state index contributed by atoms with van der Waals surface area (Å²) >= 11 is 0. The number of rotatable bonds is 5. The highest BCUT2D eigenvalue weighted by Gasteiger charge is 2.47. The number of aromatic nitrogens is 2. The van der Waals surface area contributed by atoms with Crippen LogP contribution in [0.4, 0.5) is 8.78 Å². The Kier molecular flexibility index (Phi) is 5.41. The summed E-state index contributed by atoms with van der Waals surface area (Å²) in [5.74, 6) is -0.501. The number of pyridine rings is 2. The predicted molar refractivity (Wildman–Crippen MR) is 138 cm³/mol. The Hall–Kier alpha value is -3.37. The Morgan fingerprint density at radius 2 is 1.79 bits per heavy atom. The van der Waals surface area contributed by atoms with E-state index in [0.29, 0.717) is 39.8 Å². The number of ether oxygens (including phenoxy) is 2. The maximum Gasteiger partial charge on any atom is 0.586 e. The maximum atomic E-state index is 13.9. The summed E-state index contributed by atoms with van der Waals surface area (Å²) in [6, 6.07) is 4.74. The summed E-state index contributed by atoms with van der Waals surface area (Å²) in [6.45, 7) is 5.06. The molecule has 1 aromatic carbocycles. The van der Waals surface area contributed by atoms with E-state index in [-0.39, 0.29) is 42.2 Å². The molecule has 1 fully saturated rings. The molecule has 1 saturated heterocycles.